The highest BCUT2D eigenvalue weighted by Gasteiger charge is 2.19. The van der Waals surface area contributed by atoms with Gasteiger partial charge in [-0.15, -0.1) is 12.4 Å². The summed E-state index contributed by atoms with van der Waals surface area (Å²) >= 11 is 1.41. The second kappa shape index (κ2) is 5.53. The van der Waals surface area contributed by atoms with Gasteiger partial charge in [0.15, 0.2) is 17.5 Å². The largest absolute Gasteiger partial charge is 0.320 e. The molecule has 0 bridgehead atoms. The van der Waals surface area contributed by atoms with E-state index in [9.17, 15) is 13.2 Å². The highest BCUT2D eigenvalue weighted by atomic mass is 35.5. The smallest absolute Gasteiger partial charge is 0.194 e. The van der Waals surface area contributed by atoms with Crippen LogP contribution in [0.2, 0.25) is 0 Å². The van der Waals surface area contributed by atoms with E-state index in [1.807, 2.05) is 0 Å². The van der Waals surface area contributed by atoms with Gasteiger partial charge in [0.25, 0.3) is 0 Å². The van der Waals surface area contributed by atoms with Crippen LogP contribution >= 0.6 is 23.7 Å². The Labute approximate surface area is 106 Å². The van der Waals surface area contributed by atoms with Crippen LogP contribution in [0.25, 0.3) is 0 Å². The van der Waals surface area contributed by atoms with Gasteiger partial charge in [-0.3, -0.25) is 0 Å². The van der Waals surface area contributed by atoms with Crippen LogP contribution in [0.4, 0.5) is 13.2 Å². The summed E-state index contributed by atoms with van der Waals surface area (Å²) < 4.78 is 39.1. The van der Waals surface area contributed by atoms with Crippen LogP contribution in [0.15, 0.2) is 29.0 Å². The molecule has 0 aliphatic carbocycles. The molecule has 0 aliphatic heterocycles. The lowest BCUT2D eigenvalue weighted by Crippen LogP contribution is -2.14. The van der Waals surface area contributed by atoms with Crippen molar-refractivity contribution in [2.75, 3.05) is 0 Å². The molecule has 1 nitrogen and oxygen atoms in total. The highest BCUT2D eigenvalue weighted by Crippen LogP contribution is 2.26. The Morgan fingerprint density at radius 2 is 1.76 bits per heavy atom. The Kier molecular flexibility index (Phi) is 4.56. The summed E-state index contributed by atoms with van der Waals surface area (Å²) in [5.74, 6) is -3.92. The normalized spacial score (nSPS) is 12.0. The van der Waals surface area contributed by atoms with Gasteiger partial charge in [-0.05, 0) is 28.5 Å². The summed E-state index contributed by atoms with van der Waals surface area (Å²) in [5.41, 5.74) is 6.39. The molecule has 1 atom stereocenters. The van der Waals surface area contributed by atoms with E-state index < -0.39 is 23.5 Å². The number of hydrogen-bond donors (Lipinski definition) is 1. The molecule has 0 fully saturated rings. The summed E-state index contributed by atoms with van der Waals surface area (Å²) in [6.07, 6.45) is 0. The Hall–Kier alpha value is -1.04. The molecule has 0 saturated carbocycles. The van der Waals surface area contributed by atoms with Crippen molar-refractivity contribution in [1.82, 2.24) is 0 Å². The number of halogens is 4. The summed E-state index contributed by atoms with van der Waals surface area (Å²) in [7, 11) is 0. The van der Waals surface area contributed by atoms with Crippen LogP contribution in [-0.2, 0) is 0 Å². The second-order valence-electron chi connectivity index (χ2n) is 3.30. The SMILES string of the molecule is Cl.N[C@@H](c1ccsc1)c1ccc(F)c(F)c1F. The maximum atomic E-state index is 13.4. The minimum absolute atomic E-state index is 0. The van der Waals surface area contributed by atoms with Crippen molar-refractivity contribution in [3.05, 3.63) is 57.5 Å². The first-order chi connectivity index (χ1) is 7.61. The molecule has 0 saturated heterocycles. The molecule has 6 heteroatoms. The van der Waals surface area contributed by atoms with E-state index in [0.717, 1.165) is 12.1 Å². The first kappa shape index (κ1) is 14.0. The Balaban J connectivity index is 0.00000144. The molecule has 0 unspecified atom stereocenters. The standard InChI is InChI=1S/C11H8F3NS.ClH/c12-8-2-1-7(9(13)10(8)14)11(15)6-3-4-16-5-6;/h1-5,11H,15H2;1H/t11-;/m0./s1. The summed E-state index contributed by atoms with van der Waals surface area (Å²) in [5, 5.41) is 3.53. The van der Waals surface area contributed by atoms with Gasteiger partial charge in [0.1, 0.15) is 0 Å². The van der Waals surface area contributed by atoms with Crippen LogP contribution in [0.5, 0.6) is 0 Å². The van der Waals surface area contributed by atoms with Gasteiger partial charge < -0.3 is 5.73 Å². The summed E-state index contributed by atoms with van der Waals surface area (Å²) in [4.78, 5) is 0. The molecule has 1 aromatic carbocycles. The predicted molar refractivity (Wildman–Crippen MR) is 63.9 cm³/mol. The van der Waals surface area contributed by atoms with E-state index >= 15 is 0 Å². The van der Waals surface area contributed by atoms with Crippen molar-refractivity contribution >= 4 is 23.7 Å². The number of benzene rings is 1. The van der Waals surface area contributed by atoms with Crippen molar-refractivity contribution < 1.29 is 13.2 Å². The highest BCUT2D eigenvalue weighted by molar-refractivity contribution is 7.08. The minimum Gasteiger partial charge on any atom is -0.320 e. The molecule has 92 valence electrons. The van der Waals surface area contributed by atoms with Gasteiger partial charge in [-0.2, -0.15) is 11.3 Å². The first-order valence-corrected chi connectivity index (χ1v) is 5.46. The lowest BCUT2D eigenvalue weighted by atomic mass is 10.0. The molecule has 2 aromatic rings. The van der Waals surface area contributed by atoms with Gasteiger partial charge in [0.2, 0.25) is 0 Å². The van der Waals surface area contributed by atoms with Crippen LogP contribution < -0.4 is 5.73 Å². The van der Waals surface area contributed by atoms with Crippen molar-refractivity contribution in [2.24, 2.45) is 5.73 Å². The zero-order chi connectivity index (χ0) is 11.7. The van der Waals surface area contributed by atoms with E-state index in [1.54, 1.807) is 16.8 Å². The molecule has 0 amide bonds. The van der Waals surface area contributed by atoms with E-state index in [0.29, 0.717) is 5.56 Å². The second-order valence-corrected chi connectivity index (χ2v) is 4.08. The molecular formula is C11H9ClF3NS. The van der Waals surface area contributed by atoms with Gasteiger partial charge in [-0.1, -0.05) is 6.07 Å². The average Bonchev–Trinajstić information content (AvgIpc) is 2.79. The molecular weight excluding hydrogens is 271 g/mol. The van der Waals surface area contributed by atoms with Crippen LogP contribution in [0.1, 0.15) is 17.2 Å². The molecule has 2 N–H and O–H groups in total. The average molecular weight is 280 g/mol. The van der Waals surface area contributed by atoms with Gasteiger partial charge in [0.05, 0.1) is 6.04 Å². The van der Waals surface area contributed by atoms with Crippen LogP contribution in [0.3, 0.4) is 0 Å². The number of nitrogens with two attached hydrogens (primary N) is 1. The van der Waals surface area contributed by atoms with Crippen molar-refractivity contribution in [2.45, 2.75) is 6.04 Å². The number of hydrogen-bond acceptors (Lipinski definition) is 2. The predicted octanol–water partition coefficient (Wildman–Crippen LogP) is 3.64. The molecule has 0 radical (unpaired) electrons. The van der Waals surface area contributed by atoms with Crippen LogP contribution in [-0.4, -0.2) is 0 Å². The third kappa shape index (κ3) is 2.62. The fourth-order valence-electron chi connectivity index (χ4n) is 1.41. The number of rotatable bonds is 2. The van der Waals surface area contributed by atoms with Gasteiger partial charge in [0, 0.05) is 5.56 Å². The summed E-state index contributed by atoms with van der Waals surface area (Å²) in [6, 6.07) is 2.98. The topological polar surface area (TPSA) is 26.0 Å². The lowest BCUT2D eigenvalue weighted by Gasteiger charge is -2.12. The fourth-order valence-corrected chi connectivity index (χ4v) is 2.11. The maximum absolute atomic E-state index is 13.4. The number of thiophene rings is 1. The van der Waals surface area contributed by atoms with Crippen LogP contribution in [0, 0.1) is 17.5 Å². The van der Waals surface area contributed by atoms with Gasteiger partial charge >= 0.3 is 0 Å². The molecule has 2 rings (SSSR count). The molecule has 1 heterocycles. The third-order valence-electron chi connectivity index (χ3n) is 2.30. The van der Waals surface area contributed by atoms with E-state index in [1.165, 1.54) is 11.3 Å². The van der Waals surface area contributed by atoms with E-state index in [-0.39, 0.29) is 18.0 Å². The lowest BCUT2D eigenvalue weighted by molar-refractivity contribution is 0.438. The van der Waals surface area contributed by atoms with E-state index in [4.69, 9.17) is 5.73 Å². The molecule has 17 heavy (non-hydrogen) atoms. The fraction of sp³-hybridized carbons (Fsp3) is 0.0909. The Morgan fingerprint density at radius 1 is 1.06 bits per heavy atom. The monoisotopic (exact) mass is 279 g/mol. The molecule has 0 aliphatic rings. The first-order valence-electron chi connectivity index (χ1n) is 4.52. The quantitative estimate of drug-likeness (QED) is 0.835. The molecule has 1 aromatic heterocycles. The Bertz CT molecular complexity index is 502. The third-order valence-corrected chi connectivity index (χ3v) is 3.00. The van der Waals surface area contributed by atoms with Crippen molar-refractivity contribution in [1.29, 1.82) is 0 Å². The van der Waals surface area contributed by atoms with Crippen molar-refractivity contribution in [3.63, 3.8) is 0 Å². The minimum atomic E-state index is -1.48. The maximum Gasteiger partial charge on any atom is 0.194 e. The summed E-state index contributed by atoms with van der Waals surface area (Å²) in [6.45, 7) is 0. The zero-order valence-electron chi connectivity index (χ0n) is 8.49. The molecule has 0 spiro atoms. The van der Waals surface area contributed by atoms with Crippen molar-refractivity contribution in [3.8, 4) is 0 Å². The van der Waals surface area contributed by atoms with Gasteiger partial charge in [-0.25, -0.2) is 13.2 Å². The Morgan fingerprint density at radius 3 is 2.35 bits per heavy atom. The zero-order valence-corrected chi connectivity index (χ0v) is 10.1. The van der Waals surface area contributed by atoms with E-state index in [2.05, 4.69) is 0 Å².